The van der Waals surface area contributed by atoms with Crippen LogP contribution >= 0.6 is 0 Å². The molecule has 0 saturated carbocycles. The van der Waals surface area contributed by atoms with Crippen molar-refractivity contribution in [3.8, 4) is 0 Å². The monoisotopic (exact) mass is 381 g/mol. The lowest BCUT2D eigenvalue weighted by molar-refractivity contribution is -0.129. The average Bonchev–Trinajstić information content (AvgIpc) is 2.67. The van der Waals surface area contributed by atoms with Crippen molar-refractivity contribution >= 4 is 26.5 Å². The number of benzene rings is 3. The highest BCUT2D eigenvalue weighted by Gasteiger charge is 2.18. The lowest BCUT2D eigenvalue weighted by Gasteiger charge is -2.18. The molecule has 3 rings (SSSR count). The second-order valence-corrected chi connectivity index (χ2v) is 8.88. The number of amides is 1. The zero-order chi connectivity index (χ0) is 19.4. The quantitative estimate of drug-likeness (QED) is 0.649. The van der Waals surface area contributed by atoms with E-state index < -0.39 is 9.84 Å². The normalized spacial score (nSPS) is 11.5. The second-order valence-electron chi connectivity index (χ2n) is 6.77. The smallest absolute Gasteiger partial charge is 0.223 e. The van der Waals surface area contributed by atoms with Crippen LogP contribution in [0.3, 0.4) is 0 Å². The molecule has 0 unspecified atom stereocenters. The Balaban J connectivity index is 1.66. The lowest BCUT2D eigenvalue weighted by Crippen LogP contribution is -2.28. The fourth-order valence-electron chi connectivity index (χ4n) is 3.05. The number of hydrogen-bond donors (Lipinski definition) is 0. The van der Waals surface area contributed by atoms with E-state index in [-0.39, 0.29) is 23.0 Å². The van der Waals surface area contributed by atoms with Crippen LogP contribution in [0.5, 0.6) is 0 Å². The third kappa shape index (κ3) is 4.55. The summed E-state index contributed by atoms with van der Waals surface area (Å²) in [6.07, 6.45) is -0.0303. The Kier molecular flexibility index (Phi) is 5.61. The van der Waals surface area contributed by atoms with E-state index in [2.05, 4.69) is 0 Å². The molecule has 0 saturated heterocycles. The van der Waals surface area contributed by atoms with Gasteiger partial charge in [0.05, 0.1) is 10.6 Å². The first kappa shape index (κ1) is 19.1. The average molecular weight is 381 g/mol. The van der Waals surface area contributed by atoms with E-state index in [0.717, 1.165) is 21.9 Å². The molecule has 0 aliphatic carbocycles. The van der Waals surface area contributed by atoms with Gasteiger partial charge < -0.3 is 4.90 Å². The molecule has 0 bridgehead atoms. The number of aryl methyl sites for hydroxylation is 1. The van der Waals surface area contributed by atoms with Gasteiger partial charge in [0.15, 0.2) is 9.84 Å². The van der Waals surface area contributed by atoms with Crippen LogP contribution in [0.2, 0.25) is 0 Å². The molecule has 0 aliphatic heterocycles. The van der Waals surface area contributed by atoms with Gasteiger partial charge in [-0.25, -0.2) is 8.42 Å². The van der Waals surface area contributed by atoms with E-state index >= 15 is 0 Å². The van der Waals surface area contributed by atoms with Crippen LogP contribution in [-0.4, -0.2) is 32.0 Å². The number of fused-ring (bicyclic) bond motifs is 1. The lowest BCUT2D eigenvalue weighted by atomic mass is 10.0. The summed E-state index contributed by atoms with van der Waals surface area (Å²) < 4.78 is 24.9. The minimum absolute atomic E-state index is 0.0303. The molecule has 0 atom stereocenters. The number of carbonyl (C=O) groups is 1. The zero-order valence-corrected chi connectivity index (χ0v) is 16.4. The minimum Gasteiger partial charge on any atom is -0.341 e. The van der Waals surface area contributed by atoms with Gasteiger partial charge in [0.25, 0.3) is 0 Å². The molecular formula is C22H23NO3S. The Bertz CT molecular complexity index is 1050. The number of sulfone groups is 1. The standard InChI is InChI=1S/C22H23NO3S/c1-17-10-12-20(13-11-17)27(25,26)15-14-22(24)23(2)16-19-8-5-7-18-6-3-4-9-21(18)19/h3-13H,14-16H2,1-2H3. The summed E-state index contributed by atoms with van der Waals surface area (Å²) in [7, 11) is -1.75. The number of carbonyl (C=O) groups excluding carboxylic acids is 1. The molecule has 0 aromatic heterocycles. The molecule has 0 N–H and O–H groups in total. The van der Waals surface area contributed by atoms with Gasteiger partial charge in [0.2, 0.25) is 5.91 Å². The summed E-state index contributed by atoms with van der Waals surface area (Å²) in [5, 5.41) is 2.23. The van der Waals surface area contributed by atoms with Crippen LogP contribution in [0.4, 0.5) is 0 Å². The Morgan fingerprint density at radius 1 is 0.926 bits per heavy atom. The van der Waals surface area contributed by atoms with Gasteiger partial charge in [-0.3, -0.25) is 4.79 Å². The summed E-state index contributed by atoms with van der Waals surface area (Å²) in [5.74, 6) is -0.368. The fourth-order valence-corrected chi connectivity index (χ4v) is 4.28. The van der Waals surface area contributed by atoms with E-state index in [1.807, 2.05) is 49.4 Å². The molecule has 0 fully saturated rings. The van der Waals surface area contributed by atoms with Crippen molar-refractivity contribution in [1.29, 1.82) is 0 Å². The largest absolute Gasteiger partial charge is 0.341 e. The molecule has 4 nitrogen and oxygen atoms in total. The van der Waals surface area contributed by atoms with E-state index in [9.17, 15) is 13.2 Å². The minimum atomic E-state index is -3.46. The van der Waals surface area contributed by atoms with Gasteiger partial charge in [-0.2, -0.15) is 0 Å². The number of nitrogens with zero attached hydrogens (tertiary/aromatic N) is 1. The Labute approximate surface area is 160 Å². The van der Waals surface area contributed by atoms with Crippen molar-refractivity contribution in [1.82, 2.24) is 4.90 Å². The molecule has 0 radical (unpaired) electrons. The number of rotatable bonds is 6. The first-order valence-corrected chi connectivity index (χ1v) is 10.5. The van der Waals surface area contributed by atoms with Crippen molar-refractivity contribution in [2.75, 3.05) is 12.8 Å². The van der Waals surface area contributed by atoms with Crippen LogP contribution in [0, 0.1) is 6.92 Å². The first-order chi connectivity index (χ1) is 12.9. The Morgan fingerprint density at radius 3 is 2.33 bits per heavy atom. The zero-order valence-electron chi connectivity index (χ0n) is 15.6. The highest BCUT2D eigenvalue weighted by atomic mass is 32.2. The summed E-state index contributed by atoms with van der Waals surface area (Å²) >= 11 is 0. The van der Waals surface area contributed by atoms with Crippen molar-refractivity contribution in [3.63, 3.8) is 0 Å². The summed E-state index contributed by atoms with van der Waals surface area (Å²) in [4.78, 5) is 14.3. The summed E-state index contributed by atoms with van der Waals surface area (Å²) in [6.45, 7) is 2.35. The molecule has 0 spiro atoms. The predicted octanol–water partition coefficient (Wildman–Crippen LogP) is 3.97. The second kappa shape index (κ2) is 7.92. The predicted molar refractivity (Wildman–Crippen MR) is 108 cm³/mol. The van der Waals surface area contributed by atoms with Gasteiger partial charge in [0.1, 0.15) is 0 Å². The van der Waals surface area contributed by atoms with E-state index in [1.165, 1.54) is 0 Å². The molecular weight excluding hydrogens is 358 g/mol. The maximum absolute atomic E-state index is 12.5. The maximum atomic E-state index is 12.5. The van der Waals surface area contributed by atoms with Crippen molar-refractivity contribution < 1.29 is 13.2 Å². The highest BCUT2D eigenvalue weighted by molar-refractivity contribution is 7.91. The fraction of sp³-hybridized carbons (Fsp3) is 0.227. The summed E-state index contributed by atoms with van der Waals surface area (Å²) in [5.41, 5.74) is 2.05. The topological polar surface area (TPSA) is 54.5 Å². The van der Waals surface area contributed by atoms with Crippen molar-refractivity contribution in [2.24, 2.45) is 0 Å². The van der Waals surface area contributed by atoms with Gasteiger partial charge >= 0.3 is 0 Å². The van der Waals surface area contributed by atoms with Crippen LogP contribution in [-0.2, 0) is 21.2 Å². The van der Waals surface area contributed by atoms with Gasteiger partial charge in [-0.1, -0.05) is 60.2 Å². The SMILES string of the molecule is Cc1ccc(S(=O)(=O)CCC(=O)N(C)Cc2cccc3ccccc23)cc1. The van der Waals surface area contributed by atoms with Crippen molar-refractivity contribution in [2.45, 2.75) is 24.8 Å². The van der Waals surface area contributed by atoms with Crippen LogP contribution in [0.1, 0.15) is 17.5 Å². The molecule has 1 amide bonds. The molecule has 0 aliphatic rings. The Morgan fingerprint density at radius 2 is 1.59 bits per heavy atom. The molecule has 27 heavy (non-hydrogen) atoms. The molecule has 0 heterocycles. The third-order valence-corrected chi connectivity index (χ3v) is 6.41. The van der Waals surface area contributed by atoms with E-state index in [0.29, 0.717) is 6.54 Å². The first-order valence-electron chi connectivity index (χ1n) is 8.87. The maximum Gasteiger partial charge on any atom is 0.223 e. The van der Waals surface area contributed by atoms with Crippen LogP contribution < -0.4 is 0 Å². The van der Waals surface area contributed by atoms with E-state index in [1.54, 1.807) is 36.2 Å². The Hall–Kier alpha value is -2.66. The van der Waals surface area contributed by atoms with Crippen LogP contribution in [0.15, 0.2) is 71.6 Å². The van der Waals surface area contributed by atoms with Crippen molar-refractivity contribution in [3.05, 3.63) is 77.9 Å². The van der Waals surface area contributed by atoms with E-state index in [4.69, 9.17) is 0 Å². The third-order valence-electron chi connectivity index (χ3n) is 4.68. The molecule has 5 heteroatoms. The van der Waals surface area contributed by atoms with Crippen LogP contribution in [0.25, 0.3) is 10.8 Å². The van der Waals surface area contributed by atoms with Gasteiger partial charge in [0, 0.05) is 20.0 Å². The van der Waals surface area contributed by atoms with Gasteiger partial charge in [-0.15, -0.1) is 0 Å². The molecule has 140 valence electrons. The summed E-state index contributed by atoms with van der Waals surface area (Å²) in [6, 6.07) is 20.7. The highest BCUT2D eigenvalue weighted by Crippen LogP contribution is 2.20. The molecule has 3 aromatic carbocycles. The number of hydrogen-bond acceptors (Lipinski definition) is 3. The molecule has 3 aromatic rings. The van der Waals surface area contributed by atoms with Gasteiger partial charge in [-0.05, 0) is 35.4 Å².